The zero-order chi connectivity index (χ0) is 15.4. The molecule has 1 saturated heterocycles. The Labute approximate surface area is 132 Å². The maximum absolute atomic E-state index is 12.3. The fourth-order valence-corrected chi connectivity index (χ4v) is 3.65. The van der Waals surface area contributed by atoms with E-state index in [1.54, 1.807) is 0 Å². The van der Waals surface area contributed by atoms with Crippen molar-refractivity contribution in [3.63, 3.8) is 0 Å². The number of amides is 1. The van der Waals surface area contributed by atoms with Crippen LogP contribution in [0.5, 0.6) is 5.75 Å². The van der Waals surface area contributed by atoms with E-state index in [1.807, 2.05) is 25.1 Å². The standard InChI is InChI=1S/C18H26N2O2/c1-2-22-16-6-4-3-5-14(16)7-10-20-17(21)15-13-18(15)8-11-19-12-9-18/h3-6,15,19H,2,7-13H2,1H3,(H,20,21). The van der Waals surface area contributed by atoms with Gasteiger partial charge in [-0.25, -0.2) is 0 Å². The molecule has 1 aromatic rings. The molecule has 120 valence electrons. The second-order valence-electron chi connectivity index (χ2n) is 6.45. The van der Waals surface area contributed by atoms with Crippen molar-refractivity contribution in [2.45, 2.75) is 32.6 Å². The summed E-state index contributed by atoms with van der Waals surface area (Å²) >= 11 is 0. The average molecular weight is 302 g/mol. The van der Waals surface area contributed by atoms with E-state index in [-0.39, 0.29) is 11.8 Å². The van der Waals surface area contributed by atoms with Gasteiger partial charge in [0.2, 0.25) is 5.91 Å². The third kappa shape index (κ3) is 3.27. The smallest absolute Gasteiger partial charge is 0.223 e. The van der Waals surface area contributed by atoms with Gasteiger partial charge in [-0.3, -0.25) is 4.79 Å². The molecule has 1 unspecified atom stereocenters. The van der Waals surface area contributed by atoms with Crippen LogP contribution >= 0.6 is 0 Å². The van der Waals surface area contributed by atoms with Gasteiger partial charge in [0.05, 0.1) is 6.61 Å². The Morgan fingerprint density at radius 2 is 2.14 bits per heavy atom. The first-order valence-electron chi connectivity index (χ1n) is 8.44. The van der Waals surface area contributed by atoms with Crippen LogP contribution in [-0.2, 0) is 11.2 Å². The second kappa shape index (κ2) is 6.69. The van der Waals surface area contributed by atoms with Crippen LogP contribution < -0.4 is 15.4 Å². The minimum atomic E-state index is 0.246. The summed E-state index contributed by atoms with van der Waals surface area (Å²) in [6, 6.07) is 8.07. The minimum absolute atomic E-state index is 0.246. The molecule has 0 bridgehead atoms. The van der Waals surface area contributed by atoms with Crippen LogP contribution in [0.2, 0.25) is 0 Å². The monoisotopic (exact) mass is 302 g/mol. The van der Waals surface area contributed by atoms with Crippen LogP contribution in [0, 0.1) is 11.3 Å². The zero-order valence-corrected chi connectivity index (χ0v) is 13.4. The zero-order valence-electron chi connectivity index (χ0n) is 13.4. The van der Waals surface area contributed by atoms with Gasteiger partial charge in [0.25, 0.3) is 0 Å². The lowest BCUT2D eigenvalue weighted by Crippen LogP contribution is -2.34. The highest BCUT2D eigenvalue weighted by Gasteiger charge is 2.57. The van der Waals surface area contributed by atoms with Crippen molar-refractivity contribution in [2.24, 2.45) is 11.3 Å². The largest absolute Gasteiger partial charge is 0.494 e. The molecule has 1 aromatic carbocycles. The normalized spacial score (nSPS) is 22.3. The second-order valence-corrected chi connectivity index (χ2v) is 6.45. The van der Waals surface area contributed by atoms with Gasteiger partial charge in [0.15, 0.2) is 0 Å². The molecule has 1 amide bonds. The van der Waals surface area contributed by atoms with E-state index in [0.29, 0.717) is 18.6 Å². The van der Waals surface area contributed by atoms with Crippen molar-refractivity contribution in [1.82, 2.24) is 10.6 Å². The number of carbonyl (C=O) groups excluding carboxylic acids is 1. The SMILES string of the molecule is CCOc1ccccc1CCNC(=O)C1CC12CCNCC2. The number of piperidine rings is 1. The summed E-state index contributed by atoms with van der Waals surface area (Å²) in [5.41, 5.74) is 1.48. The van der Waals surface area contributed by atoms with E-state index in [9.17, 15) is 4.79 Å². The molecule has 0 aromatic heterocycles. The van der Waals surface area contributed by atoms with E-state index in [1.165, 1.54) is 0 Å². The summed E-state index contributed by atoms with van der Waals surface area (Å²) in [6.07, 6.45) is 4.20. The van der Waals surface area contributed by atoms with E-state index in [4.69, 9.17) is 4.74 Å². The highest BCUT2D eigenvalue weighted by atomic mass is 16.5. The molecule has 2 N–H and O–H groups in total. The highest BCUT2D eigenvalue weighted by Crippen LogP contribution is 2.58. The lowest BCUT2D eigenvalue weighted by molar-refractivity contribution is -0.123. The van der Waals surface area contributed by atoms with Crippen LogP contribution in [0.3, 0.4) is 0 Å². The molecule has 1 saturated carbocycles. The van der Waals surface area contributed by atoms with Gasteiger partial charge >= 0.3 is 0 Å². The third-order valence-electron chi connectivity index (χ3n) is 5.07. The molecule has 1 atom stereocenters. The Balaban J connectivity index is 1.46. The summed E-state index contributed by atoms with van der Waals surface area (Å²) in [4.78, 5) is 12.3. The van der Waals surface area contributed by atoms with Gasteiger partial charge in [-0.2, -0.15) is 0 Å². The minimum Gasteiger partial charge on any atom is -0.494 e. The molecule has 1 aliphatic heterocycles. The van der Waals surface area contributed by atoms with Crippen LogP contribution in [0.15, 0.2) is 24.3 Å². The van der Waals surface area contributed by atoms with Crippen molar-refractivity contribution < 1.29 is 9.53 Å². The maximum atomic E-state index is 12.3. The topological polar surface area (TPSA) is 50.4 Å². The number of benzene rings is 1. The third-order valence-corrected chi connectivity index (χ3v) is 5.07. The summed E-state index contributed by atoms with van der Waals surface area (Å²) in [6.45, 7) is 5.47. The molecule has 3 rings (SSSR count). The fraction of sp³-hybridized carbons (Fsp3) is 0.611. The van der Waals surface area contributed by atoms with Gasteiger partial charge in [-0.15, -0.1) is 0 Å². The molecule has 0 radical (unpaired) electrons. The Morgan fingerprint density at radius 3 is 2.91 bits per heavy atom. The number of carbonyl (C=O) groups is 1. The first-order chi connectivity index (χ1) is 10.7. The molecular weight excluding hydrogens is 276 g/mol. The molecule has 4 nitrogen and oxygen atoms in total. The Hall–Kier alpha value is -1.55. The van der Waals surface area contributed by atoms with Gasteiger partial charge in [0.1, 0.15) is 5.75 Å². The van der Waals surface area contributed by atoms with Crippen LogP contribution in [0.1, 0.15) is 31.7 Å². The lowest BCUT2D eigenvalue weighted by Gasteiger charge is -2.23. The van der Waals surface area contributed by atoms with Gasteiger partial charge in [-0.1, -0.05) is 18.2 Å². The molecule has 4 heteroatoms. The van der Waals surface area contributed by atoms with Crippen LogP contribution in [0.4, 0.5) is 0 Å². The van der Waals surface area contributed by atoms with Crippen molar-refractivity contribution in [1.29, 1.82) is 0 Å². The first kappa shape index (κ1) is 15.3. The van der Waals surface area contributed by atoms with Crippen molar-refractivity contribution >= 4 is 5.91 Å². The highest BCUT2D eigenvalue weighted by molar-refractivity contribution is 5.82. The van der Waals surface area contributed by atoms with Crippen molar-refractivity contribution in [2.75, 3.05) is 26.2 Å². The van der Waals surface area contributed by atoms with E-state index in [0.717, 1.165) is 50.1 Å². The molecular formula is C18H26N2O2. The first-order valence-corrected chi connectivity index (χ1v) is 8.44. The summed E-state index contributed by atoms with van der Waals surface area (Å²) in [7, 11) is 0. The number of hydrogen-bond donors (Lipinski definition) is 2. The molecule has 2 fully saturated rings. The van der Waals surface area contributed by atoms with Crippen molar-refractivity contribution in [3.8, 4) is 5.75 Å². The predicted molar refractivity (Wildman–Crippen MR) is 87.0 cm³/mol. The van der Waals surface area contributed by atoms with E-state index >= 15 is 0 Å². The number of para-hydroxylation sites is 1. The predicted octanol–water partition coefficient (Wildman–Crippen LogP) is 2.13. The summed E-state index contributed by atoms with van der Waals surface area (Å²) in [5, 5.41) is 6.50. The van der Waals surface area contributed by atoms with E-state index < -0.39 is 0 Å². The van der Waals surface area contributed by atoms with Crippen LogP contribution in [0.25, 0.3) is 0 Å². The number of ether oxygens (including phenoxy) is 1. The van der Waals surface area contributed by atoms with E-state index in [2.05, 4.69) is 16.7 Å². The van der Waals surface area contributed by atoms with Gasteiger partial charge < -0.3 is 15.4 Å². The van der Waals surface area contributed by atoms with Gasteiger partial charge in [-0.05, 0) is 62.7 Å². The maximum Gasteiger partial charge on any atom is 0.223 e. The molecule has 22 heavy (non-hydrogen) atoms. The molecule has 1 heterocycles. The lowest BCUT2D eigenvalue weighted by atomic mass is 9.92. The fourth-order valence-electron chi connectivity index (χ4n) is 3.65. The van der Waals surface area contributed by atoms with Gasteiger partial charge in [0, 0.05) is 12.5 Å². The number of nitrogens with one attached hydrogen (secondary N) is 2. The van der Waals surface area contributed by atoms with Crippen LogP contribution in [-0.4, -0.2) is 32.1 Å². The quantitative estimate of drug-likeness (QED) is 0.846. The summed E-state index contributed by atoms with van der Waals surface area (Å²) in [5.74, 6) is 1.42. The Kier molecular flexibility index (Phi) is 4.67. The molecule has 1 aliphatic carbocycles. The molecule has 2 aliphatic rings. The number of rotatable bonds is 6. The molecule has 1 spiro atoms. The Morgan fingerprint density at radius 1 is 1.36 bits per heavy atom. The average Bonchev–Trinajstić information content (AvgIpc) is 3.23. The summed E-state index contributed by atoms with van der Waals surface area (Å²) < 4.78 is 5.62. The van der Waals surface area contributed by atoms with Crippen molar-refractivity contribution in [3.05, 3.63) is 29.8 Å². The number of hydrogen-bond acceptors (Lipinski definition) is 3. The Bertz CT molecular complexity index is 524.